The van der Waals surface area contributed by atoms with Gasteiger partial charge < -0.3 is 4.90 Å². The van der Waals surface area contributed by atoms with E-state index in [0.29, 0.717) is 18.4 Å². The Balaban J connectivity index is 2.43. The third-order valence-electron chi connectivity index (χ3n) is 3.80. The third-order valence-corrected chi connectivity index (χ3v) is 3.80. The second-order valence-electron chi connectivity index (χ2n) is 4.84. The smallest absolute Gasteiger partial charge is 0.244 e. The molecule has 1 saturated heterocycles. The zero-order chi connectivity index (χ0) is 13.2. The Morgan fingerprint density at radius 3 is 2.56 bits per heavy atom. The predicted molar refractivity (Wildman–Crippen MR) is 67.1 cm³/mol. The Morgan fingerprint density at radius 1 is 1.39 bits per heavy atom. The zero-order valence-electron chi connectivity index (χ0n) is 10.4. The minimum absolute atomic E-state index is 0.305. The van der Waals surface area contributed by atoms with E-state index < -0.39 is 5.41 Å². The highest BCUT2D eigenvalue weighted by Crippen LogP contribution is 2.36. The molecule has 1 aliphatic rings. The molecule has 0 radical (unpaired) electrons. The average Bonchev–Trinajstić information content (AvgIpc) is 2.40. The molecule has 1 heterocycles. The first-order valence-electron chi connectivity index (χ1n) is 6.05. The Morgan fingerprint density at radius 2 is 2.00 bits per heavy atom. The number of hydrazine groups is 1. The van der Waals surface area contributed by atoms with Crippen LogP contribution in [0.4, 0.5) is 4.39 Å². The number of carbonyl (C=O) groups is 1. The minimum Gasteiger partial charge on any atom is -0.306 e. The van der Waals surface area contributed by atoms with Crippen molar-refractivity contribution in [2.24, 2.45) is 5.84 Å². The van der Waals surface area contributed by atoms with Crippen molar-refractivity contribution in [2.75, 3.05) is 20.1 Å². The maximum Gasteiger partial charge on any atom is 0.244 e. The SMILES string of the molecule is CN1CCC(C(=O)NN)(c2ccccc2F)CC1. The Bertz CT molecular complexity index is 442. The zero-order valence-corrected chi connectivity index (χ0v) is 10.4. The van der Waals surface area contributed by atoms with Gasteiger partial charge in [0.1, 0.15) is 5.82 Å². The lowest BCUT2D eigenvalue weighted by Gasteiger charge is -2.39. The van der Waals surface area contributed by atoms with E-state index in [9.17, 15) is 9.18 Å². The van der Waals surface area contributed by atoms with E-state index in [1.165, 1.54) is 6.07 Å². The van der Waals surface area contributed by atoms with Gasteiger partial charge >= 0.3 is 0 Å². The Kier molecular flexibility index (Phi) is 3.63. The van der Waals surface area contributed by atoms with Crippen molar-refractivity contribution in [1.29, 1.82) is 0 Å². The number of nitrogens with one attached hydrogen (secondary N) is 1. The molecule has 0 aromatic heterocycles. The van der Waals surface area contributed by atoms with E-state index >= 15 is 0 Å². The van der Waals surface area contributed by atoms with Crippen LogP contribution in [-0.2, 0) is 10.2 Å². The molecule has 2 rings (SSSR count). The first-order chi connectivity index (χ1) is 8.60. The van der Waals surface area contributed by atoms with Gasteiger partial charge in [0, 0.05) is 5.56 Å². The number of benzene rings is 1. The maximum atomic E-state index is 14.0. The summed E-state index contributed by atoms with van der Waals surface area (Å²) in [5.74, 6) is 4.63. The van der Waals surface area contributed by atoms with Crippen LogP contribution >= 0.6 is 0 Å². The van der Waals surface area contributed by atoms with Gasteiger partial charge in [-0.2, -0.15) is 0 Å². The molecule has 3 N–H and O–H groups in total. The van der Waals surface area contributed by atoms with Crippen LogP contribution in [0, 0.1) is 5.82 Å². The molecule has 18 heavy (non-hydrogen) atoms. The van der Waals surface area contributed by atoms with Gasteiger partial charge in [0.15, 0.2) is 0 Å². The number of amides is 1. The lowest BCUT2D eigenvalue weighted by Crippen LogP contribution is -2.53. The normalized spacial score (nSPS) is 19.5. The molecule has 4 nitrogen and oxygen atoms in total. The van der Waals surface area contributed by atoms with Crippen molar-refractivity contribution in [3.8, 4) is 0 Å². The van der Waals surface area contributed by atoms with Gasteiger partial charge in [-0.15, -0.1) is 0 Å². The van der Waals surface area contributed by atoms with Gasteiger partial charge in [-0.05, 0) is 39.0 Å². The Labute approximate surface area is 106 Å². The fourth-order valence-corrected chi connectivity index (χ4v) is 2.61. The van der Waals surface area contributed by atoms with Crippen LogP contribution in [-0.4, -0.2) is 30.9 Å². The molecule has 5 heteroatoms. The van der Waals surface area contributed by atoms with Crippen LogP contribution in [0.5, 0.6) is 0 Å². The first-order valence-corrected chi connectivity index (χ1v) is 6.05. The summed E-state index contributed by atoms with van der Waals surface area (Å²) >= 11 is 0. The van der Waals surface area contributed by atoms with E-state index in [4.69, 9.17) is 5.84 Å². The minimum atomic E-state index is -0.841. The monoisotopic (exact) mass is 251 g/mol. The fourth-order valence-electron chi connectivity index (χ4n) is 2.61. The molecule has 1 aromatic rings. The van der Waals surface area contributed by atoms with Crippen molar-refractivity contribution >= 4 is 5.91 Å². The predicted octanol–water partition coefficient (Wildman–Crippen LogP) is 0.779. The number of nitrogens with zero attached hydrogens (tertiary/aromatic N) is 1. The molecular weight excluding hydrogens is 233 g/mol. The Hall–Kier alpha value is -1.46. The number of likely N-dealkylation sites (tertiary alicyclic amines) is 1. The molecule has 0 atom stereocenters. The van der Waals surface area contributed by atoms with Gasteiger partial charge in [-0.25, -0.2) is 10.2 Å². The standard InChI is InChI=1S/C13H18FN3O/c1-17-8-6-13(7-9-17,12(18)16-15)10-4-2-3-5-11(10)14/h2-5H,6-9,15H2,1H3,(H,16,18). The molecule has 0 saturated carbocycles. The summed E-state index contributed by atoms with van der Waals surface area (Å²) < 4.78 is 14.0. The van der Waals surface area contributed by atoms with Crippen LogP contribution in [0.3, 0.4) is 0 Å². The van der Waals surface area contributed by atoms with E-state index in [0.717, 1.165) is 13.1 Å². The molecular formula is C13H18FN3O. The van der Waals surface area contributed by atoms with Crippen LogP contribution < -0.4 is 11.3 Å². The summed E-state index contributed by atoms with van der Waals surface area (Å²) in [6.07, 6.45) is 1.15. The fraction of sp³-hybridized carbons (Fsp3) is 0.462. The second-order valence-corrected chi connectivity index (χ2v) is 4.84. The van der Waals surface area contributed by atoms with Crippen LogP contribution in [0.25, 0.3) is 0 Å². The highest BCUT2D eigenvalue weighted by Gasteiger charge is 2.43. The first kappa shape index (κ1) is 13.0. The maximum absolute atomic E-state index is 14.0. The van der Waals surface area contributed by atoms with Gasteiger partial charge in [0.05, 0.1) is 5.41 Å². The summed E-state index contributed by atoms with van der Waals surface area (Å²) in [5, 5.41) is 0. The van der Waals surface area contributed by atoms with E-state index in [1.54, 1.807) is 18.2 Å². The summed E-state index contributed by atoms with van der Waals surface area (Å²) in [4.78, 5) is 14.3. The van der Waals surface area contributed by atoms with Crippen molar-refractivity contribution in [1.82, 2.24) is 10.3 Å². The molecule has 1 amide bonds. The van der Waals surface area contributed by atoms with Crippen molar-refractivity contribution in [3.63, 3.8) is 0 Å². The summed E-state index contributed by atoms with van der Waals surface area (Å²) in [5.41, 5.74) is 1.80. The van der Waals surface area contributed by atoms with Gasteiger partial charge in [-0.3, -0.25) is 10.2 Å². The molecule has 0 aliphatic carbocycles. The summed E-state index contributed by atoms with van der Waals surface area (Å²) in [6, 6.07) is 6.44. The average molecular weight is 251 g/mol. The van der Waals surface area contributed by atoms with Crippen LogP contribution in [0.15, 0.2) is 24.3 Å². The van der Waals surface area contributed by atoms with Crippen molar-refractivity contribution in [3.05, 3.63) is 35.6 Å². The highest BCUT2D eigenvalue weighted by molar-refractivity contribution is 5.88. The topological polar surface area (TPSA) is 58.4 Å². The number of nitrogens with two attached hydrogens (primary N) is 1. The van der Waals surface area contributed by atoms with E-state index in [-0.39, 0.29) is 11.7 Å². The number of piperidine rings is 1. The third kappa shape index (κ3) is 2.11. The molecule has 1 aromatic carbocycles. The number of halogens is 1. The van der Waals surface area contributed by atoms with Crippen LogP contribution in [0.1, 0.15) is 18.4 Å². The number of hydrogen-bond acceptors (Lipinski definition) is 3. The summed E-state index contributed by atoms with van der Waals surface area (Å²) in [7, 11) is 1.99. The number of carbonyl (C=O) groups excluding carboxylic acids is 1. The van der Waals surface area contributed by atoms with E-state index in [2.05, 4.69) is 10.3 Å². The van der Waals surface area contributed by atoms with E-state index in [1.807, 2.05) is 7.05 Å². The lowest BCUT2D eigenvalue weighted by atomic mass is 9.72. The van der Waals surface area contributed by atoms with Crippen molar-refractivity contribution < 1.29 is 9.18 Å². The highest BCUT2D eigenvalue weighted by atomic mass is 19.1. The molecule has 98 valence electrons. The lowest BCUT2D eigenvalue weighted by molar-refractivity contribution is -0.128. The van der Waals surface area contributed by atoms with Gasteiger partial charge in [-0.1, -0.05) is 18.2 Å². The van der Waals surface area contributed by atoms with Crippen LogP contribution in [0.2, 0.25) is 0 Å². The molecule has 0 unspecified atom stereocenters. The van der Waals surface area contributed by atoms with Gasteiger partial charge in [0.25, 0.3) is 0 Å². The summed E-state index contributed by atoms with van der Waals surface area (Å²) in [6.45, 7) is 1.50. The second kappa shape index (κ2) is 5.04. The van der Waals surface area contributed by atoms with Gasteiger partial charge in [0.2, 0.25) is 5.91 Å². The number of rotatable bonds is 2. The molecule has 1 aliphatic heterocycles. The molecule has 0 bridgehead atoms. The number of hydrogen-bond donors (Lipinski definition) is 2. The van der Waals surface area contributed by atoms with Crippen molar-refractivity contribution in [2.45, 2.75) is 18.3 Å². The molecule has 0 spiro atoms. The quantitative estimate of drug-likeness (QED) is 0.464. The largest absolute Gasteiger partial charge is 0.306 e. The molecule has 1 fully saturated rings.